The molecule has 1 N–H and O–H groups in total. The molecule has 0 saturated heterocycles. The quantitative estimate of drug-likeness (QED) is 0.606. The third-order valence-electron chi connectivity index (χ3n) is 3.82. The molecular weight excluding hydrogens is 342 g/mol. The Labute approximate surface area is 152 Å². The van der Waals surface area contributed by atoms with Gasteiger partial charge in [-0.3, -0.25) is 9.59 Å². The predicted octanol–water partition coefficient (Wildman–Crippen LogP) is 2.88. The van der Waals surface area contributed by atoms with Crippen LogP contribution in [0.25, 0.3) is 0 Å². The van der Waals surface area contributed by atoms with E-state index >= 15 is 0 Å². The molecule has 1 amide bonds. The van der Waals surface area contributed by atoms with Gasteiger partial charge in [0.25, 0.3) is 5.91 Å². The van der Waals surface area contributed by atoms with Crippen LogP contribution >= 0.6 is 11.6 Å². The van der Waals surface area contributed by atoms with E-state index in [0.717, 1.165) is 5.56 Å². The van der Waals surface area contributed by atoms with Crippen LogP contribution in [0.4, 0.5) is 0 Å². The van der Waals surface area contributed by atoms with Crippen molar-refractivity contribution in [1.29, 1.82) is 0 Å². The van der Waals surface area contributed by atoms with Crippen molar-refractivity contribution in [3.8, 4) is 0 Å². The molecular formula is C18H22ClN3O3. The number of hydrogen-bond acceptors (Lipinski definition) is 4. The van der Waals surface area contributed by atoms with E-state index in [1.807, 2.05) is 31.2 Å². The van der Waals surface area contributed by atoms with Crippen LogP contribution in [0.15, 0.2) is 24.3 Å². The molecule has 0 aliphatic rings. The van der Waals surface area contributed by atoms with Gasteiger partial charge in [-0.05, 0) is 25.8 Å². The zero-order valence-corrected chi connectivity index (χ0v) is 15.4. The third-order valence-corrected chi connectivity index (χ3v) is 4.20. The van der Waals surface area contributed by atoms with Gasteiger partial charge >= 0.3 is 5.97 Å². The summed E-state index contributed by atoms with van der Waals surface area (Å²) in [6.07, 6.45) is 0.767. The Kier molecular flexibility index (Phi) is 6.58. The Hall–Kier alpha value is -2.34. The summed E-state index contributed by atoms with van der Waals surface area (Å²) in [5.74, 6) is -0.586. The van der Waals surface area contributed by atoms with Crippen molar-refractivity contribution in [3.05, 3.63) is 51.8 Å². The number of rotatable bonds is 7. The number of amides is 1. The minimum atomic E-state index is -0.297. The molecule has 0 aliphatic heterocycles. The molecule has 0 bridgehead atoms. The Morgan fingerprint density at radius 2 is 1.92 bits per heavy atom. The second kappa shape index (κ2) is 8.67. The molecule has 134 valence electrons. The number of halogens is 1. The molecule has 0 aliphatic carbocycles. The van der Waals surface area contributed by atoms with Crippen LogP contribution in [0.1, 0.15) is 40.0 Å². The molecule has 1 heterocycles. The predicted molar refractivity (Wildman–Crippen MR) is 95.8 cm³/mol. The fourth-order valence-corrected chi connectivity index (χ4v) is 2.73. The highest BCUT2D eigenvalue weighted by molar-refractivity contribution is 6.33. The highest BCUT2D eigenvalue weighted by Crippen LogP contribution is 2.21. The van der Waals surface area contributed by atoms with Gasteiger partial charge < -0.3 is 10.1 Å². The van der Waals surface area contributed by atoms with Crippen molar-refractivity contribution in [2.24, 2.45) is 0 Å². The summed E-state index contributed by atoms with van der Waals surface area (Å²) in [6.45, 7) is 4.64. The number of carbonyl (C=O) groups excluding carboxylic acids is 2. The number of ether oxygens (including phenoxy) is 1. The monoisotopic (exact) mass is 363 g/mol. The normalized spacial score (nSPS) is 10.6. The van der Waals surface area contributed by atoms with Crippen molar-refractivity contribution in [1.82, 2.24) is 15.1 Å². The van der Waals surface area contributed by atoms with E-state index in [1.54, 1.807) is 11.6 Å². The highest BCUT2D eigenvalue weighted by Gasteiger charge is 2.20. The molecule has 7 heteroatoms. The zero-order valence-electron chi connectivity index (χ0n) is 14.6. The van der Waals surface area contributed by atoms with Gasteiger partial charge in [-0.25, -0.2) is 4.68 Å². The van der Waals surface area contributed by atoms with Gasteiger partial charge in [0.05, 0.1) is 24.9 Å². The summed E-state index contributed by atoms with van der Waals surface area (Å²) in [4.78, 5) is 23.4. The Bertz CT molecular complexity index is 754. The number of aryl methyl sites for hydroxylation is 2. The SMILES string of the molecule is COC(=O)CCCNC(=O)c1c(C)nn(Cc2ccc(C)cc2)c1Cl. The van der Waals surface area contributed by atoms with Crippen molar-refractivity contribution in [3.63, 3.8) is 0 Å². The van der Waals surface area contributed by atoms with Crippen LogP contribution in [0, 0.1) is 13.8 Å². The molecule has 1 aromatic carbocycles. The standard InChI is InChI=1S/C18H22ClN3O3/c1-12-6-8-14(9-7-12)11-22-17(19)16(13(2)21-22)18(24)20-10-4-5-15(23)25-3/h6-9H,4-5,10-11H2,1-3H3,(H,20,24). The average Bonchev–Trinajstić information content (AvgIpc) is 2.87. The van der Waals surface area contributed by atoms with Crippen LogP contribution in [0.3, 0.4) is 0 Å². The van der Waals surface area contributed by atoms with Gasteiger partial charge in [-0.2, -0.15) is 5.10 Å². The van der Waals surface area contributed by atoms with Crippen LogP contribution in [-0.4, -0.2) is 35.3 Å². The molecule has 0 saturated carbocycles. The topological polar surface area (TPSA) is 73.2 Å². The van der Waals surface area contributed by atoms with Gasteiger partial charge in [0.15, 0.2) is 0 Å². The van der Waals surface area contributed by atoms with Crippen molar-refractivity contribution in [2.75, 3.05) is 13.7 Å². The summed E-state index contributed by atoms with van der Waals surface area (Å²) in [5, 5.41) is 7.44. The fraction of sp³-hybridized carbons (Fsp3) is 0.389. The number of benzene rings is 1. The lowest BCUT2D eigenvalue weighted by atomic mass is 10.1. The molecule has 6 nitrogen and oxygen atoms in total. The molecule has 0 atom stereocenters. The molecule has 0 spiro atoms. The van der Waals surface area contributed by atoms with Crippen molar-refractivity contribution < 1.29 is 14.3 Å². The van der Waals surface area contributed by atoms with Gasteiger partial charge in [0.2, 0.25) is 0 Å². The summed E-state index contributed by atoms with van der Waals surface area (Å²) in [7, 11) is 1.34. The number of hydrogen-bond donors (Lipinski definition) is 1. The highest BCUT2D eigenvalue weighted by atomic mass is 35.5. The number of esters is 1. The van der Waals surface area contributed by atoms with E-state index in [2.05, 4.69) is 15.2 Å². The van der Waals surface area contributed by atoms with E-state index in [1.165, 1.54) is 12.7 Å². The van der Waals surface area contributed by atoms with Gasteiger partial charge in [0.1, 0.15) is 5.15 Å². The number of nitrogens with one attached hydrogen (secondary N) is 1. The van der Waals surface area contributed by atoms with Crippen LogP contribution in [0.2, 0.25) is 5.15 Å². The minimum absolute atomic E-state index is 0.260. The van der Waals surface area contributed by atoms with Gasteiger partial charge in [0, 0.05) is 13.0 Å². The van der Waals surface area contributed by atoms with E-state index in [0.29, 0.717) is 35.9 Å². The van der Waals surface area contributed by atoms with E-state index in [4.69, 9.17) is 11.6 Å². The molecule has 0 radical (unpaired) electrons. The summed E-state index contributed by atoms with van der Waals surface area (Å²) < 4.78 is 6.18. The maximum absolute atomic E-state index is 12.3. The van der Waals surface area contributed by atoms with Crippen molar-refractivity contribution >= 4 is 23.5 Å². The second-order valence-electron chi connectivity index (χ2n) is 5.83. The largest absolute Gasteiger partial charge is 0.469 e. The minimum Gasteiger partial charge on any atom is -0.469 e. The zero-order chi connectivity index (χ0) is 18.4. The maximum Gasteiger partial charge on any atom is 0.305 e. The Balaban J connectivity index is 2.01. The summed E-state index contributed by atoms with van der Waals surface area (Å²) in [5.41, 5.74) is 3.17. The lowest BCUT2D eigenvalue weighted by molar-refractivity contribution is -0.140. The number of aromatic nitrogens is 2. The molecule has 0 fully saturated rings. The van der Waals surface area contributed by atoms with Crippen molar-refractivity contribution in [2.45, 2.75) is 33.2 Å². The lowest BCUT2D eigenvalue weighted by Crippen LogP contribution is -2.25. The van der Waals surface area contributed by atoms with Crippen LogP contribution < -0.4 is 5.32 Å². The van der Waals surface area contributed by atoms with Gasteiger partial charge in [-0.15, -0.1) is 0 Å². The summed E-state index contributed by atoms with van der Waals surface area (Å²) in [6, 6.07) is 8.06. The number of methoxy groups -OCH3 is 1. The third kappa shape index (κ3) is 5.06. The lowest BCUT2D eigenvalue weighted by Gasteiger charge is -2.06. The van der Waals surface area contributed by atoms with Crippen LogP contribution in [0.5, 0.6) is 0 Å². The molecule has 2 aromatic rings. The number of carbonyl (C=O) groups is 2. The number of nitrogens with zero attached hydrogens (tertiary/aromatic N) is 2. The maximum atomic E-state index is 12.3. The Morgan fingerprint density at radius 1 is 1.24 bits per heavy atom. The smallest absolute Gasteiger partial charge is 0.305 e. The Morgan fingerprint density at radius 3 is 2.56 bits per heavy atom. The first kappa shape index (κ1) is 19.0. The molecule has 25 heavy (non-hydrogen) atoms. The molecule has 0 unspecified atom stereocenters. The fourth-order valence-electron chi connectivity index (χ4n) is 2.41. The van der Waals surface area contributed by atoms with Gasteiger partial charge in [-0.1, -0.05) is 41.4 Å². The van der Waals surface area contributed by atoms with E-state index in [-0.39, 0.29) is 18.3 Å². The second-order valence-corrected chi connectivity index (χ2v) is 6.19. The molecule has 2 rings (SSSR count). The van der Waals surface area contributed by atoms with E-state index in [9.17, 15) is 9.59 Å². The van der Waals surface area contributed by atoms with Crippen LogP contribution in [-0.2, 0) is 16.1 Å². The first-order valence-corrected chi connectivity index (χ1v) is 8.43. The first-order chi connectivity index (χ1) is 11.9. The molecule has 1 aromatic heterocycles. The summed E-state index contributed by atoms with van der Waals surface area (Å²) >= 11 is 6.36. The average molecular weight is 364 g/mol. The van der Waals surface area contributed by atoms with E-state index < -0.39 is 0 Å². The first-order valence-electron chi connectivity index (χ1n) is 8.06.